The fraction of sp³-hybridized carbons (Fsp3) is 0.833. The summed E-state index contributed by atoms with van der Waals surface area (Å²) in [5, 5.41) is 11.8. The number of hydrogen-bond acceptors (Lipinski definition) is 3. The monoisotopic (exact) mass is 241 g/mol. The van der Waals surface area contributed by atoms with Crippen LogP contribution in [-0.4, -0.2) is 35.2 Å². The van der Waals surface area contributed by atoms with Gasteiger partial charge in [0.2, 0.25) is 5.91 Å². The molecule has 1 saturated carbocycles. The third-order valence-electron chi connectivity index (χ3n) is 3.65. The minimum absolute atomic E-state index is 0.00288. The Morgan fingerprint density at radius 1 is 1.24 bits per heavy atom. The predicted octanol–water partition coefficient (Wildman–Crippen LogP) is 0.923. The molecule has 2 rings (SSSR count). The number of ether oxygens (including phenoxy) is 1. The first-order valence-corrected chi connectivity index (χ1v) is 6.25. The lowest BCUT2D eigenvalue weighted by Crippen LogP contribution is -2.40. The lowest BCUT2D eigenvalue weighted by Gasteiger charge is -2.16. The van der Waals surface area contributed by atoms with Gasteiger partial charge in [-0.1, -0.05) is 0 Å². The maximum Gasteiger partial charge on any atom is 0.306 e. The zero-order valence-corrected chi connectivity index (χ0v) is 10.0. The van der Waals surface area contributed by atoms with Crippen LogP contribution in [-0.2, 0) is 14.3 Å². The summed E-state index contributed by atoms with van der Waals surface area (Å²) in [5.41, 5.74) is 0. The van der Waals surface area contributed by atoms with Crippen LogP contribution >= 0.6 is 0 Å². The van der Waals surface area contributed by atoms with E-state index in [-0.39, 0.29) is 30.1 Å². The van der Waals surface area contributed by atoms with Gasteiger partial charge in [0.1, 0.15) is 6.10 Å². The molecule has 5 nitrogen and oxygen atoms in total. The Morgan fingerprint density at radius 3 is 2.53 bits per heavy atom. The third kappa shape index (κ3) is 2.97. The zero-order valence-electron chi connectivity index (χ0n) is 10.0. The Balaban J connectivity index is 1.78. The number of hydrogen-bond donors (Lipinski definition) is 2. The van der Waals surface area contributed by atoms with E-state index in [0.717, 1.165) is 19.3 Å². The normalized spacial score (nSPS) is 37.0. The lowest BCUT2D eigenvalue weighted by molar-refractivity contribution is -0.141. The van der Waals surface area contributed by atoms with Gasteiger partial charge in [-0.3, -0.25) is 9.59 Å². The first-order valence-electron chi connectivity index (χ1n) is 6.25. The van der Waals surface area contributed by atoms with Gasteiger partial charge in [-0.25, -0.2) is 0 Å². The summed E-state index contributed by atoms with van der Waals surface area (Å²) in [4.78, 5) is 22.6. The number of rotatable bonds is 3. The summed E-state index contributed by atoms with van der Waals surface area (Å²) in [6, 6.07) is 0.00288. The molecular formula is C12H19NO4. The largest absolute Gasteiger partial charge is 0.481 e. The highest BCUT2D eigenvalue weighted by molar-refractivity contribution is 5.81. The number of carbonyl (C=O) groups is 2. The van der Waals surface area contributed by atoms with Gasteiger partial charge in [-0.15, -0.1) is 0 Å². The molecule has 0 aromatic heterocycles. The van der Waals surface area contributed by atoms with Crippen molar-refractivity contribution in [3.05, 3.63) is 0 Å². The summed E-state index contributed by atoms with van der Waals surface area (Å²) in [6.07, 6.45) is 3.45. The van der Waals surface area contributed by atoms with Crippen LogP contribution in [0.2, 0.25) is 0 Å². The van der Waals surface area contributed by atoms with Crippen molar-refractivity contribution in [2.24, 2.45) is 5.92 Å². The molecule has 1 aliphatic carbocycles. The molecule has 2 aliphatic rings. The SMILES string of the molecule is CC1CCC(C(=O)N[C@@H]2CC[C@H](C(=O)O)C2)O1. The van der Waals surface area contributed by atoms with E-state index in [9.17, 15) is 9.59 Å². The highest BCUT2D eigenvalue weighted by Gasteiger charge is 2.34. The lowest BCUT2D eigenvalue weighted by atomic mass is 10.1. The second kappa shape index (κ2) is 5.04. The third-order valence-corrected chi connectivity index (χ3v) is 3.65. The molecule has 96 valence electrons. The highest BCUT2D eigenvalue weighted by Crippen LogP contribution is 2.26. The van der Waals surface area contributed by atoms with Crippen molar-refractivity contribution >= 4 is 11.9 Å². The van der Waals surface area contributed by atoms with Crippen LogP contribution < -0.4 is 5.32 Å². The standard InChI is InChI=1S/C12H19NO4/c1-7-2-5-10(17-7)11(14)13-9-4-3-8(6-9)12(15)16/h7-10H,2-6H2,1H3,(H,13,14)(H,15,16)/t7?,8-,9+,10?/m0/s1. The molecule has 0 spiro atoms. The number of aliphatic carboxylic acids is 1. The van der Waals surface area contributed by atoms with Crippen molar-refractivity contribution < 1.29 is 19.4 Å². The highest BCUT2D eigenvalue weighted by atomic mass is 16.5. The van der Waals surface area contributed by atoms with Crippen LogP contribution in [0.25, 0.3) is 0 Å². The number of carboxylic acids is 1. The topological polar surface area (TPSA) is 75.6 Å². The van der Waals surface area contributed by atoms with Crippen LogP contribution in [0.5, 0.6) is 0 Å². The molecule has 1 aliphatic heterocycles. The minimum atomic E-state index is -0.757. The first-order chi connectivity index (χ1) is 8.06. The maximum atomic E-state index is 11.8. The van der Waals surface area contributed by atoms with Crippen molar-refractivity contribution in [1.82, 2.24) is 5.32 Å². The zero-order chi connectivity index (χ0) is 12.4. The number of nitrogens with one attached hydrogen (secondary N) is 1. The fourth-order valence-corrected chi connectivity index (χ4v) is 2.63. The minimum Gasteiger partial charge on any atom is -0.481 e. The van der Waals surface area contributed by atoms with Gasteiger partial charge in [-0.2, -0.15) is 0 Å². The van der Waals surface area contributed by atoms with Gasteiger partial charge >= 0.3 is 5.97 Å². The molecule has 0 aromatic rings. The molecule has 0 radical (unpaired) electrons. The van der Waals surface area contributed by atoms with E-state index in [2.05, 4.69) is 5.32 Å². The van der Waals surface area contributed by atoms with Gasteiger partial charge in [0, 0.05) is 6.04 Å². The summed E-state index contributed by atoms with van der Waals surface area (Å²) in [7, 11) is 0. The molecule has 2 fully saturated rings. The molecule has 17 heavy (non-hydrogen) atoms. The number of amides is 1. The Bertz CT molecular complexity index is 318. The quantitative estimate of drug-likeness (QED) is 0.770. The second-order valence-corrected chi connectivity index (χ2v) is 5.07. The smallest absolute Gasteiger partial charge is 0.306 e. The molecule has 1 amide bonds. The van der Waals surface area contributed by atoms with E-state index in [4.69, 9.17) is 9.84 Å². The first kappa shape index (κ1) is 12.4. The van der Waals surface area contributed by atoms with Crippen LogP contribution in [0, 0.1) is 5.92 Å². The Kier molecular flexibility index (Phi) is 3.66. The van der Waals surface area contributed by atoms with E-state index < -0.39 is 5.97 Å². The van der Waals surface area contributed by atoms with Crippen LogP contribution in [0.1, 0.15) is 39.0 Å². The summed E-state index contributed by atoms with van der Waals surface area (Å²) in [6.45, 7) is 1.96. The fourth-order valence-electron chi connectivity index (χ4n) is 2.63. The Labute approximate surface area is 101 Å². The van der Waals surface area contributed by atoms with Gasteiger partial charge in [0.25, 0.3) is 0 Å². The van der Waals surface area contributed by atoms with Crippen molar-refractivity contribution in [3.8, 4) is 0 Å². The van der Waals surface area contributed by atoms with Gasteiger partial charge in [0.05, 0.1) is 12.0 Å². The molecule has 1 heterocycles. The van der Waals surface area contributed by atoms with E-state index >= 15 is 0 Å². The average molecular weight is 241 g/mol. The average Bonchev–Trinajstić information content (AvgIpc) is 2.86. The van der Waals surface area contributed by atoms with Crippen LogP contribution in [0.15, 0.2) is 0 Å². The number of carboxylic acid groups (broad SMARTS) is 1. The summed E-state index contributed by atoms with van der Waals surface area (Å²) < 4.78 is 5.48. The number of carbonyl (C=O) groups excluding carboxylic acids is 1. The predicted molar refractivity (Wildman–Crippen MR) is 60.5 cm³/mol. The molecule has 0 aromatic carbocycles. The van der Waals surface area contributed by atoms with Gasteiger partial charge < -0.3 is 15.2 Å². The van der Waals surface area contributed by atoms with Crippen molar-refractivity contribution in [1.29, 1.82) is 0 Å². The van der Waals surface area contributed by atoms with Crippen molar-refractivity contribution in [3.63, 3.8) is 0 Å². The Morgan fingerprint density at radius 2 is 2.00 bits per heavy atom. The van der Waals surface area contributed by atoms with E-state index in [1.165, 1.54) is 0 Å². The molecule has 2 N–H and O–H groups in total. The van der Waals surface area contributed by atoms with Crippen LogP contribution in [0.3, 0.4) is 0 Å². The molecule has 5 heteroatoms. The van der Waals surface area contributed by atoms with Crippen molar-refractivity contribution in [2.75, 3.05) is 0 Å². The van der Waals surface area contributed by atoms with E-state index in [1.807, 2.05) is 6.92 Å². The molecule has 0 bridgehead atoms. The van der Waals surface area contributed by atoms with E-state index in [0.29, 0.717) is 12.8 Å². The summed E-state index contributed by atoms with van der Waals surface area (Å²) in [5.74, 6) is -1.14. The van der Waals surface area contributed by atoms with Crippen molar-refractivity contribution in [2.45, 2.75) is 57.3 Å². The molecule has 1 saturated heterocycles. The molecule has 2 unspecified atom stereocenters. The summed E-state index contributed by atoms with van der Waals surface area (Å²) >= 11 is 0. The second-order valence-electron chi connectivity index (χ2n) is 5.07. The molecule has 4 atom stereocenters. The maximum absolute atomic E-state index is 11.8. The Hall–Kier alpha value is -1.10. The molecular weight excluding hydrogens is 222 g/mol. The van der Waals surface area contributed by atoms with Gasteiger partial charge in [-0.05, 0) is 39.0 Å². The van der Waals surface area contributed by atoms with Crippen LogP contribution in [0.4, 0.5) is 0 Å². The van der Waals surface area contributed by atoms with Gasteiger partial charge in [0.15, 0.2) is 0 Å². The van der Waals surface area contributed by atoms with E-state index in [1.54, 1.807) is 0 Å².